The predicted molar refractivity (Wildman–Crippen MR) is 117 cm³/mol. The van der Waals surface area contributed by atoms with Gasteiger partial charge < -0.3 is 14.8 Å². The molecule has 1 N–H and O–H groups in total. The summed E-state index contributed by atoms with van der Waals surface area (Å²) in [7, 11) is 0. The molecule has 7 nitrogen and oxygen atoms in total. The average Bonchev–Trinajstić information content (AvgIpc) is 3.14. The van der Waals surface area contributed by atoms with Gasteiger partial charge >= 0.3 is 0 Å². The second-order valence-electron chi connectivity index (χ2n) is 8.59. The van der Waals surface area contributed by atoms with E-state index in [0.717, 1.165) is 49.2 Å². The Hall–Kier alpha value is -2.88. The van der Waals surface area contributed by atoms with Crippen LogP contribution in [0.5, 0.6) is 0 Å². The van der Waals surface area contributed by atoms with E-state index in [1.165, 1.54) is 23.1 Å². The van der Waals surface area contributed by atoms with Crippen LogP contribution >= 0.6 is 0 Å². The van der Waals surface area contributed by atoms with Gasteiger partial charge in [0.2, 0.25) is 5.95 Å². The third kappa shape index (κ3) is 4.23. The molecular weight excluding hydrogens is 416 g/mol. The zero-order chi connectivity index (χ0) is 22.3. The number of ether oxygens (including phenoxy) is 2. The van der Waals surface area contributed by atoms with Crippen LogP contribution in [0.25, 0.3) is 5.69 Å². The first-order valence-electron chi connectivity index (χ1n) is 10.6. The quantitative estimate of drug-likeness (QED) is 0.647. The number of nitrogens with one attached hydrogen (secondary N) is 1. The third-order valence-electron chi connectivity index (χ3n) is 5.99. The van der Waals surface area contributed by atoms with Crippen LogP contribution in [0.15, 0.2) is 42.7 Å². The number of benzene rings is 2. The van der Waals surface area contributed by atoms with Gasteiger partial charge in [-0.05, 0) is 49.2 Å². The molecular formula is C23H27F2N5O2. The Bertz CT molecular complexity index is 1120. The van der Waals surface area contributed by atoms with Gasteiger partial charge in [0, 0.05) is 26.3 Å². The minimum atomic E-state index is -0.670. The van der Waals surface area contributed by atoms with Gasteiger partial charge in [-0.1, -0.05) is 6.07 Å². The van der Waals surface area contributed by atoms with Crippen LogP contribution in [0.3, 0.4) is 0 Å². The highest BCUT2D eigenvalue weighted by Crippen LogP contribution is 2.34. The van der Waals surface area contributed by atoms with Crippen molar-refractivity contribution in [3.05, 3.63) is 65.5 Å². The number of aryl methyl sites for hydroxylation is 1. The molecule has 2 aliphatic heterocycles. The van der Waals surface area contributed by atoms with Crippen LogP contribution in [0.2, 0.25) is 0 Å². The lowest BCUT2D eigenvalue weighted by Gasteiger charge is -2.46. The van der Waals surface area contributed by atoms with E-state index in [9.17, 15) is 8.78 Å². The molecule has 5 rings (SSSR count). The van der Waals surface area contributed by atoms with E-state index in [-0.39, 0.29) is 7.11 Å². The highest BCUT2D eigenvalue weighted by Gasteiger charge is 2.38. The van der Waals surface area contributed by atoms with Crippen molar-refractivity contribution in [2.45, 2.75) is 25.5 Å². The highest BCUT2D eigenvalue weighted by atomic mass is 19.1. The van der Waals surface area contributed by atoms with Crippen molar-refractivity contribution in [2.24, 2.45) is 0 Å². The van der Waals surface area contributed by atoms with E-state index in [4.69, 9.17) is 9.47 Å². The molecule has 0 amide bonds. The van der Waals surface area contributed by atoms with Gasteiger partial charge in [-0.15, -0.1) is 5.10 Å². The zero-order valence-electron chi connectivity index (χ0n) is 18.0. The fourth-order valence-electron chi connectivity index (χ4n) is 4.23. The average molecular weight is 443 g/mol. The number of halogens is 2. The van der Waals surface area contributed by atoms with Gasteiger partial charge in [0.25, 0.3) is 0 Å². The van der Waals surface area contributed by atoms with Crippen LogP contribution in [-0.2, 0) is 15.1 Å². The summed E-state index contributed by atoms with van der Waals surface area (Å²) < 4.78 is 40.0. The van der Waals surface area contributed by atoms with Crippen molar-refractivity contribution < 1.29 is 19.7 Å². The maximum absolute atomic E-state index is 13.5. The maximum Gasteiger partial charge on any atom is 0.246 e. The molecule has 9 heteroatoms. The molecule has 3 aromatic rings. The largest absolute Gasteiger partial charge is 0.378 e. The molecule has 0 radical (unpaired) electrons. The van der Waals surface area contributed by atoms with Gasteiger partial charge in [0.05, 0.1) is 31.5 Å². The first-order chi connectivity index (χ1) is 15.4. The fourth-order valence-corrected chi connectivity index (χ4v) is 4.23. The van der Waals surface area contributed by atoms with Gasteiger partial charge in [-0.25, -0.2) is 13.5 Å². The van der Waals surface area contributed by atoms with Crippen LogP contribution in [0.1, 0.15) is 19.5 Å². The van der Waals surface area contributed by atoms with E-state index < -0.39 is 17.2 Å². The van der Waals surface area contributed by atoms with E-state index >= 15 is 0 Å². The molecule has 0 saturated carbocycles. The molecule has 170 valence electrons. The summed E-state index contributed by atoms with van der Waals surface area (Å²) in [5, 5.41) is 7.51. The molecule has 0 bridgehead atoms. The molecule has 0 aliphatic carbocycles. The third-order valence-corrected chi connectivity index (χ3v) is 5.99. The molecule has 2 saturated heterocycles. The number of hydrogen-bond donors (Lipinski definition) is 1. The summed E-state index contributed by atoms with van der Waals surface area (Å²) in [5.41, 5.74) is 2.78. The highest BCUT2D eigenvalue weighted by molar-refractivity contribution is 5.57. The normalized spacial score (nSPS) is 22.0. The fraction of sp³-hybridized carbons (Fsp3) is 0.391. The smallest absolute Gasteiger partial charge is 0.246 e. The predicted octanol–water partition coefficient (Wildman–Crippen LogP) is 3.79. The maximum atomic E-state index is 13.5. The molecule has 2 aromatic carbocycles. The lowest BCUT2D eigenvalue weighted by atomic mass is 9.91. The number of nitrogens with zero attached hydrogens (tertiary/aromatic N) is 4. The monoisotopic (exact) mass is 443 g/mol. The number of aromatic nitrogens is 3. The van der Waals surface area contributed by atoms with Crippen molar-refractivity contribution >= 4 is 11.6 Å². The lowest BCUT2D eigenvalue weighted by molar-refractivity contribution is -0.151. The summed E-state index contributed by atoms with van der Waals surface area (Å²) in [6, 6.07) is 9.85. The van der Waals surface area contributed by atoms with E-state index in [2.05, 4.69) is 33.3 Å². The Labute approximate surface area is 186 Å². The topological polar surface area (TPSA) is 64.4 Å². The molecule has 32 heavy (non-hydrogen) atoms. The number of morpholine rings is 1. The second kappa shape index (κ2) is 8.23. The van der Waals surface area contributed by atoms with Crippen molar-refractivity contribution in [1.29, 1.82) is 0 Å². The molecule has 1 aromatic heterocycles. The summed E-state index contributed by atoms with van der Waals surface area (Å²) >= 11 is 0. The minimum Gasteiger partial charge on any atom is -0.378 e. The van der Waals surface area contributed by atoms with Crippen LogP contribution in [-0.4, -0.2) is 58.6 Å². The Morgan fingerprint density at radius 2 is 1.91 bits per heavy atom. The van der Waals surface area contributed by atoms with Gasteiger partial charge in [-0.3, -0.25) is 4.90 Å². The first kappa shape index (κ1) is 21.0. The minimum absolute atomic E-state index is 0. The summed E-state index contributed by atoms with van der Waals surface area (Å²) in [4.78, 5) is 6.67. The van der Waals surface area contributed by atoms with Crippen molar-refractivity contribution in [1.82, 2.24) is 19.7 Å². The molecule has 0 spiro atoms. The zero-order valence-corrected chi connectivity index (χ0v) is 18.0. The number of rotatable bonds is 5. The Kier molecular flexibility index (Phi) is 5.40. The molecule has 1 atom stereocenters. The van der Waals surface area contributed by atoms with Crippen LogP contribution in [0.4, 0.5) is 20.4 Å². The van der Waals surface area contributed by atoms with Crippen LogP contribution < -0.4 is 5.32 Å². The molecule has 2 fully saturated rings. The van der Waals surface area contributed by atoms with Gasteiger partial charge in [0.1, 0.15) is 23.6 Å². The standard InChI is InChI=1S/C23H25F2N5O2.H2/c1-15-5-16(23(2)13-29(3-4-32-23)21-11-31-12-21)7-19(6-15)27-22-26-14-30(28-22)20-9-17(24)8-18(25)10-20;/h5-10,14,21H,3-4,11-13H2,1-2H3,(H,27,28);1H/t23-;/m0./s1. The Morgan fingerprint density at radius 3 is 2.62 bits per heavy atom. The lowest BCUT2D eigenvalue weighted by Crippen LogP contribution is -2.57. The molecule has 2 aliphatic rings. The van der Waals surface area contributed by atoms with Gasteiger partial charge in [-0.2, -0.15) is 4.98 Å². The summed E-state index contributed by atoms with van der Waals surface area (Å²) in [6.45, 7) is 8.06. The Balaban J connectivity index is 0.00000259. The molecule has 0 unspecified atom stereocenters. The number of hydrogen-bond acceptors (Lipinski definition) is 6. The van der Waals surface area contributed by atoms with Crippen LogP contribution in [0, 0.1) is 18.6 Å². The number of anilines is 2. The molecule has 3 heterocycles. The van der Waals surface area contributed by atoms with Crippen molar-refractivity contribution in [3.63, 3.8) is 0 Å². The Morgan fingerprint density at radius 1 is 1.12 bits per heavy atom. The van der Waals surface area contributed by atoms with E-state index in [0.29, 0.717) is 18.6 Å². The second-order valence-corrected chi connectivity index (χ2v) is 8.59. The van der Waals surface area contributed by atoms with Crippen molar-refractivity contribution in [2.75, 3.05) is 38.2 Å². The summed E-state index contributed by atoms with van der Waals surface area (Å²) in [5.74, 6) is -1.01. The SMILES string of the molecule is Cc1cc(Nc2ncn(-c3cc(F)cc(F)c3)n2)cc([C@]2(C)CN(C3COC3)CCO2)c1.[HH]. The first-order valence-corrected chi connectivity index (χ1v) is 10.6. The summed E-state index contributed by atoms with van der Waals surface area (Å²) in [6.07, 6.45) is 1.41. The van der Waals surface area contributed by atoms with E-state index in [1.54, 1.807) is 0 Å². The van der Waals surface area contributed by atoms with E-state index in [1.807, 2.05) is 19.1 Å². The van der Waals surface area contributed by atoms with Gasteiger partial charge in [0.15, 0.2) is 0 Å². The van der Waals surface area contributed by atoms with Crippen molar-refractivity contribution in [3.8, 4) is 5.69 Å².